The molecule has 0 aliphatic rings. The maximum Gasteiger partial charge on any atom is 0.198 e. The van der Waals surface area contributed by atoms with Gasteiger partial charge in [0.05, 0.1) is 0 Å². The molecule has 11 heavy (non-hydrogen) atoms. The van der Waals surface area contributed by atoms with Crippen LogP contribution in [0.15, 0.2) is 18.5 Å². The van der Waals surface area contributed by atoms with Gasteiger partial charge in [0.2, 0.25) is 0 Å². The van der Waals surface area contributed by atoms with E-state index in [-0.39, 0.29) is 0 Å². The Morgan fingerprint density at radius 2 is 2.45 bits per heavy atom. The van der Waals surface area contributed by atoms with Gasteiger partial charge in [0, 0.05) is 24.8 Å². The van der Waals surface area contributed by atoms with Gasteiger partial charge in [0.1, 0.15) is 5.65 Å². The highest BCUT2D eigenvalue weighted by atomic mass is 32.1. The minimum atomic E-state index is 0.527. The standard InChI is InChI=1S/C7H7N3S/c1-10-3-2-5-4-8-7(11)9-6(5)10/h2-4H,1H3,(H,8,9,11). The van der Waals surface area contributed by atoms with E-state index in [0.29, 0.717) is 4.77 Å². The maximum absolute atomic E-state index is 4.89. The molecular weight excluding hydrogens is 158 g/mol. The van der Waals surface area contributed by atoms with Crippen LogP contribution in [0.25, 0.3) is 11.0 Å². The van der Waals surface area contributed by atoms with Crippen LogP contribution < -0.4 is 0 Å². The van der Waals surface area contributed by atoms with Gasteiger partial charge in [-0.15, -0.1) is 0 Å². The Labute approximate surface area is 68.7 Å². The Balaban J connectivity index is 2.98. The van der Waals surface area contributed by atoms with Crippen molar-refractivity contribution in [2.24, 2.45) is 7.05 Å². The zero-order chi connectivity index (χ0) is 7.84. The number of aromatic nitrogens is 3. The van der Waals surface area contributed by atoms with Crippen molar-refractivity contribution in [2.75, 3.05) is 0 Å². The zero-order valence-corrected chi connectivity index (χ0v) is 6.85. The van der Waals surface area contributed by atoms with Gasteiger partial charge in [0.15, 0.2) is 4.77 Å². The van der Waals surface area contributed by atoms with E-state index < -0.39 is 0 Å². The average molecular weight is 165 g/mol. The molecule has 0 atom stereocenters. The van der Waals surface area contributed by atoms with E-state index in [9.17, 15) is 0 Å². The highest BCUT2D eigenvalue weighted by Gasteiger charge is 1.95. The zero-order valence-electron chi connectivity index (χ0n) is 6.03. The molecule has 0 amide bonds. The van der Waals surface area contributed by atoms with Crippen molar-refractivity contribution in [1.82, 2.24) is 14.5 Å². The molecule has 0 saturated heterocycles. The summed E-state index contributed by atoms with van der Waals surface area (Å²) in [6.45, 7) is 0. The van der Waals surface area contributed by atoms with Gasteiger partial charge in [0.25, 0.3) is 0 Å². The molecule has 2 rings (SSSR count). The third-order valence-electron chi connectivity index (χ3n) is 1.65. The number of hydrogen-bond acceptors (Lipinski definition) is 2. The van der Waals surface area contributed by atoms with Gasteiger partial charge in [-0.2, -0.15) is 0 Å². The Morgan fingerprint density at radius 3 is 3.27 bits per heavy atom. The summed E-state index contributed by atoms with van der Waals surface area (Å²) in [5.74, 6) is 0. The van der Waals surface area contributed by atoms with Gasteiger partial charge in [-0.05, 0) is 18.3 Å². The Bertz CT molecular complexity index is 440. The lowest BCUT2D eigenvalue weighted by Crippen LogP contribution is -1.88. The second kappa shape index (κ2) is 2.17. The van der Waals surface area contributed by atoms with Crippen LogP contribution in [0, 0.1) is 4.77 Å². The van der Waals surface area contributed by atoms with Crippen LogP contribution in [0.1, 0.15) is 0 Å². The number of hydrogen-bond donors (Lipinski definition) is 1. The molecule has 0 spiro atoms. The van der Waals surface area contributed by atoms with Gasteiger partial charge in [-0.1, -0.05) is 0 Å². The number of nitrogens with zero attached hydrogens (tertiary/aromatic N) is 2. The third-order valence-corrected chi connectivity index (χ3v) is 1.86. The smallest absolute Gasteiger partial charge is 0.198 e. The number of nitrogens with one attached hydrogen (secondary N) is 1. The molecule has 2 aromatic rings. The predicted octanol–water partition coefficient (Wildman–Crippen LogP) is 1.63. The molecule has 0 unspecified atom stereocenters. The summed E-state index contributed by atoms with van der Waals surface area (Å²) in [6, 6.07) is 1.99. The van der Waals surface area contributed by atoms with Crippen LogP contribution in [0.4, 0.5) is 0 Å². The second-order valence-corrected chi connectivity index (χ2v) is 2.81. The van der Waals surface area contributed by atoms with E-state index in [4.69, 9.17) is 12.2 Å². The van der Waals surface area contributed by atoms with Gasteiger partial charge in [-0.25, -0.2) is 4.98 Å². The van der Waals surface area contributed by atoms with Crippen LogP contribution in [-0.2, 0) is 7.05 Å². The fourth-order valence-corrected chi connectivity index (χ4v) is 1.22. The minimum Gasteiger partial charge on any atom is -0.337 e. The van der Waals surface area contributed by atoms with Gasteiger partial charge < -0.3 is 9.55 Å². The minimum absolute atomic E-state index is 0.527. The van der Waals surface area contributed by atoms with Crippen LogP contribution in [0.5, 0.6) is 0 Å². The molecule has 4 heteroatoms. The number of H-pyrrole nitrogens is 1. The quantitative estimate of drug-likeness (QED) is 0.602. The van der Waals surface area contributed by atoms with E-state index in [1.165, 1.54) is 0 Å². The monoisotopic (exact) mass is 165 g/mol. The van der Waals surface area contributed by atoms with Crippen molar-refractivity contribution in [3.63, 3.8) is 0 Å². The molecule has 0 aliphatic heterocycles. The highest BCUT2D eigenvalue weighted by molar-refractivity contribution is 7.71. The van der Waals surface area contributed by atoms with Crippen molar-refractivity contribution in [1.29, 1.82) is 0 Å². The second-order valence-electron chi connectivity index (χ2n) is 2.42. The molecule has 0 fully saturated rings. The van der Waals surface area contributed by atoms with Crippen molar-refractivity contribution < 1.29 is 0 Å². The summed E-state index contributed by atoms with van der Waals surface area (Å²) in [5, 5.41) is 1.08. The number of aromatic amines is 1. The molecule has 0 radical (unpaired) electrons. The molecule has 0 bridgehead atoms. The Hall–Kier alpha value is -1.16. The van der Waals surface area contributed by atoms with E-state index in [0.717, 1.165) is 11.0 Å². The normalized spacial score (nSPS) is 10.6. The van der Waals surface area contributed by atoms with E-state index in [2.05, 4.69) is 9.97 Å². The van der Waals surface area contributed by atoms with E-state index >= 15 is 0 Å². The maximum atomic E-state index is 4.89. The summed E-state index contributed by atoms with van der Waals surface area (Å²) in [7, 11) is 1.97. The van der Waals surface area contributed by atoms with E-state index in [1.807, 2.05) is 23.9 Å². The van der Waals surface area contributed by atoms with Crippen LogP contribution in [-0.4, -0.2) is 14.5 Å². The lowest BCUT2D eigenvalue weighted by molar-refractivity contribution is 0.940. The first kappa shape index (κ1) is 6.54. The lowest BCUT2D eigenvalue weighted by Gasteiger charge is -1.93. The van der Waals surface area contributed by atoms with Crippen LogP contribution >= 0.6 is 12.2 Å². The summed E-state index contributed by atoms with van der Waals surface area (Å²) in [5.41, 5.74) is 1.02. The molecule has 3 nitrogen and oxygen atoms in total. The SMILES string of the molecule is Cn1ccc2cnc(=S)[nH]c21. The molecule has 0 aliphatic carbocycles. The van der Waals surface area contributed by atoms with Crippen LogP contribution in [0.2, 0.25) is 0 Å². The number of fused-ring (bicyclic) bond motifs is 1. The Morgan fingerprint density at radius 1 is 1.64 bits per heavy atom. The summed E-state index contributed by atoms with van der Waals surface area (Å²) in [4.78, 5) is 6.97. The van der Waals surface area contributed by atoms with Crippen molar-refractivity contribution in [2.45, 2.75) is 0 Å². The largest absolute Gasteiger partial charge is 0.337 e. The summed E-state index contributed by atoms with van der Waals surface area (Å²) >= 11 is 4.89. The molecule has 2 aromatic heterocycles. The molecule has 2 heterocycles. The fraction of sp³-hybridized carbons (Fsp3) is 0.143. The van der Waals surface area contributed by atoms with Gasteiger partial charge >= 0.3 is 0 Å². The third kappa shape index (κ3) is 0.952. The average Bonchev–Trinajstić information content (AvgIpc) is 2.33. The Kier molecular flexibility index (Phi) is 1.29. The van der Waals surface area contributed by atoms with Crippen molar-refractivity contribution >= 4 is 23.3 Å². The first-order chi connectivity index (χ1) is 5.27. The lowest BCUT2D eigenvalue weighted by atomic mass is 10.4. The molecule has 0 saturated carbocycles. The number of rotatable bonds is 0. The molecule has 1 N–H and O–H groups in total. The van der Waals surface area contributed by atoms with Crippen molar-refractivity contribution in [3.05, 3.63) is 23.2 Å². The number of aryl methyl sites for hydroxylation is 1. The first-order valence-electron chi connectivity index (χ1n) is 3.28. The highest BCUT2D eigenvalue weighted by Crippen LogP contribution is 2.08. The summed E-state index contributed by atoms with van der Waals surface area (Å²) in [6.07, 6.45) is 3.74. The first-order valence-corrected chi connectivity index (χ1v) is 3.68. The van der Waals surface area contributed by atoms with Gasteiger partial charge in [-0.3, -0.25) is 0 Å². The predicted molar refractivity (Wildman–Crippen MR) is 45.9 cm³/mol. The fourth-order valence-electron chi connectivity index (χ4n) is 1.08. The molecular formula is C7H7N3S. The van der Waals surface area contributed by atoms with Crippen LogP contribution in [0.3, 0.4) is 0 Å². The topological polar surface area (TPSA) is 33.6 Å². The summed E-state index contributed by atoms with van der Waals surface area (Å²) < 4.78 is 2.51. The van der Waals surface area contributed by atoms with Crippen molar-refractivity contribution in [3.8, 4) is 0 Å². The molecule has 56 valence electrons. The van der Waals surface area contributed by atoms with E-state index in [1.54, 1.807) is 6.20 Å². The molecule has 0 aromatic carbocycles.